The summed E-state index contributed by atoms with van der Waals surface area (Å²) in [5, 5.41) is 0. The Hall–Kier alpha value is -0.430. The number of rotatable bonds is 0. The van der Waals surface area contributed by atoms with Gasteiger partial charge in [0.1, 0.15) is 0 Å². The van der Waals surface area contributed by atoms with Gasteiger partial charge in [0.2, 0.25) is 0 Å². The van der Waals surface area contributed by atoms with Crippen LogP contribution in [-0.2, 0) is 5.41 Å². The first-order valence-electron chi connectivity index (χ1n) is 4.22. The van der Waals surface area contributed by atoms with E-state index < -0.39 is 0 Å². The molecule has 0 spiro atoms. The Morgan fingerprint density at radius 2 is 1.75 bits per heavy atom. The van der Waals surface area contributed by atoms with Gasteiger partial charge in [-0.2, -0.15) is 0 Å². The predicted octanol–water partition coefficient (Wildman–Crippen LogP) is 3.58. The zero-order valence-electron chi connectivity index (χ0n) is 8.18. The fraction of sp³-hybridized carbons (Fsp3) is 0.455. The summed E-state index contributed by atoms with van der Waals surface area (Å²) < 4.78 is 0. The van der Waals surface area contributed by atoms with Gasteiger partial charge in [0, 0.05) is 4.90 Å². The molecule has 0 saturated heterocycles. The van der Waals surface area contributed by atoms with E-state index in [1.807, 2.05) is 0 Å². The summed E-state index contributed by atoms with van der Waals surface area (Å²) in [5.41, 5.74) is 2.78. The van der Waals surface area contributed by atoms with Crippen LogP contribution < -0.4 is 0 Å². The average molecular weight is 180 g/mol. The van der Waals surface area contributed by atoms with E-state index in [0.29, 0.717) is 0 Å². The average Bonchev–Trinajstić information content (AvgIpc) is 1.92. The summed E-state index contributed by atoms with van der Waals surface area (Å²) in [4.78, 5) is 1.13. The molecule has 0 aromatic heterocycles. The maximum absolute atomic E-state index is 4.50. The van der Waals surface area contributed by atoms with Crippen molar-refractivity contribution in [3.05, 3.63) is 29.3 Å². The Bertz CT molecular complexity index is 282. The molecule has 0 radical (unpaired) electrons. The molecule has 0 N–H and O–H groups in total. The Kier molecular flexibility index (Phi) is 2.52. The van der Waals surface area contributed by atoms with Crippen molar-refractivity contribution in [2.45, 2.75) is 38.0 Å². The van der Waals surface area contributed by atoms with Gasteiger partial charge < -0.3 is 0 Å². The lowest BCUT2D eigenvalue weighted by Crippen LogP contribution is -2.12. The maximum atomic E-state index is 4.50. The predicted molar refractivity (Wildman–Crippen MR) is 57.1 cm³/mol. The summed E-state index contributed by atoms with van der Waals surface area (Å²) in [7, 11) is 0. The first kappa shape index (κ1) is 9.66. The number of hydrogen-bond donors (Lipinski definition) is 1. The second-order valence-electron chi connectivity index (χ2n) is 4.22. The molecule has 0 aliphatic heterocycles. The lowest BCUT2D eigenvalue weighted by atomic mass is 9.86. The van der Waals surface area contributed by atoms with E-state index in [9.17, 15) is 0 Å². The van der Waals surface area contributed by atoms with Crippen LogP contribution in [0.2, 0.25) is 0 Å². The second kappa shape index (κ2) is 3.14. The molecule has 0 atom stereocenters. The third-order valence-electron chi connectivity index (χ3n) is 2.05. The highest BCUT2D eigenvalue weighted by Gasteiger charge is 2.16. The van der Waals surface area contributed by atoms with Crippen LogP contribution in [-0.4, -0.2) is 0 Å². The molecular formula is C11H16S. The topological polar surface area (TPSA) is 0 Å². The van der Waals surface area contributed by atoms with Gasteiger partial charge in [-0.15, -0.1) is 12.6 Å². The molecular weight excluding hydrogens is 164 g/mol. The highest BCUT2D eigenvalue weighted by atomic mass is 32.1. The van der Waals surface area contributed by atoms with E-state index in [-0.39, 0.29) is 5.41 Å². The van der Waals surface area contributed by atoms with Crippen LogP contribution in [0.3, 0.4) is 0 Å². The fourth-order valence-corrected chi connectivity index (χ4v) is 1.75. The SMILES string of the molecule is Cc1cccc(C(C)(C)C)c1S. The van der Waals surface area contributed by atoms with E-state index in [0.717, 1.165) is 4.90 Å². The molecule has 0 amide bonds. The van der Waals surface area contributed by atoms with E-state index in [1.54, 1.807) is 0 Å². The lowest BCUT2D eigenvalue weighted by Gasteiger charge is -2.21. The molecule has 1 rings (SSSR count). The van der Waals surface area contributed by atoms with Gasteiger partial charge in [0.15, 0.2) is 0 Å². The van der Waals surface area contributed by atoms with E-state index in [4.69, 9.17) is 0 Å². The molecule has 1 heteroatoms. The summed E-state index contributed by atoms with van der Waals surface area (Å²) in [6.07, 6.45) is 0. The zero-order valence-corrected chi connectivity index (χ0v) is 9.07. The van der Waals surface area contributed by atoms with Crippen molar-refractivity contribution < 1.29 is 0 Å². The Labute approximate surface area is 80.4 Å². The van der Waals surface area contributed by atoms with Crippen molar-refractivity contribution in [3.63, 3.8) is 0 Å². The second-order valence-corrected chi connectivity index (χ2v) is 4.67. The first-order chi connectivity index (χ1) is 5.43. The van der Waals surface area contributed by atoms with Crippen molar-refractivity contribution >= 4 is 12.6 Å². The van der Waals surface area contributed by atoms with Gasteiger partial charge in [-0.3, -0.25) is 0 Å². The van der Waals surface area contributed by atoms with Crippen LogP contribution >= 0.6 is 12.6 Å². The number of benzene rings is 1. The van der Waals surface area contributed by atoms with Gasteiger partial charge in [0.25, 0.3) is 0 Å². The van der Waals surface area contributed by atoms with E-state index in [2.05, 4.69) is 58.5 Å². The molecule has 0 unspecified atom stereocenters. The summed E-state index contributed by atoms with van der Waals surface area (Å²) >= 11 is 4.50. The van der Waals surface area contributed by atoms with E-state index in [1.165, 1.54) is 11.1 Å². The normalized spacial score (nSPS) is 11.8. The molecule has 66 valence electrons. The Balaban J connectivity index is 3.26. The van der Waals surface area contributed by atoms with Crippen molar-refractivity contribution in [1.29, 1.82) is 0 Å². The highest BCUT2D eigenvalue weighted by molar-refractivity contribution is 7.80. The molecule has 12 heavy (non-hydrogen) atoms. The van der Waals surface area contributed by atoms with Crippen LogP contribution in [0.15, 0.2) is 23.1 Å². The van der Waals surface area contributed by atoms with Gasteiger partial charge in [0.05, 0.1) is 0 Å². The summed E-state index contributed by atoms with van der Waals surface area (Å²) in [5.74, 6) is 0. The molecule has 0 nitrogen and oxygen atoms in total. The minimum atomic E-state index is 0.198. The quantitative estimate of drug-likeness (QED) is 0.580. The van der Waals surface area contributed by atoms with E-state index >= 15 is 0 Å². The number of aryl methyl sites for hydroxylation is 1. The Morgan fingerprint density at radius 3 is 2.17 bits per heavy atom. The maximum Gasteiger partial charge on any atom is 0.0107 e. The molecule has 0 fully saturated rings. The zero-order chi connectivity index (χ0) is 9.35. The van der Waals surface area contributed by atoms with Crippen LogP contribution in [0.4, 0.5) is 0 Å². The highest BCUT2D eigenvalue weighted by Crippen LogP contribution is 2.29. The standard InChI is InChI=1S/C11H16S/c1-8-6-5-7-9(10(8)12)11(2,3)4/h5-7,12H,1-4H3. The largest absolute Gasteiger partial charge is 0.143 e. The number of thiol groups is 1. The van der Waals surface area contributed by atoms with Crippen LogP contribution in [0, 0.1) is 6.92 Å². The third kappa shape index (κ3) is 1.84. The lowest BCUT2D eigenvalue weighted by molar-refractivity contribution is 0.577. The molecule has 0 aliphatic carbocycles. The number of hydrogen-bond acceptors (Lipinski definition) is 1. The summed E-state index contributed by atoms with van der Waals surface area (Å²) in [6.45, 7) is 8.72. The molecule has 1 aromatic rings. The van der Waals surface area contributed by atoms with Crippen LogP contribution in [0.25, 0.3) is 0 Å². The molecule has 0 saturated carbocycles. The van der Waals surface area contributed by atoms with Gasteiger partial charge in [-0.05, 0) is 23.5 Å². The molecule has 0 aliphatic rings. The van der Waals surface area contributed by atoms with Crippen LogP contribution in [0.5, 0.6) is 0 Å². The van der Waals surface area contributed by atoms with Gasteiger partial charge in [-0.25, -0.2) is 0 Å². The molecule has 0 heterocycles. The minimum Gasteiger partial charge on any atom is -0.143 e. The molecule has 0 bridgehead atoms. The molecule has 1 aromatic carbocycles. The van der Waals surface area contributed by atoms with Crippen LogP contribution in [0.1, 0.15) is 31.9 Å². The van der Waals surface area contributed by atoms with Crippen molar-refractivity contribution in [2.24, 2.45) is 0 Å². The Morgan fingerprint density at radius 1 is 1.17 bits per heavy atom. The fourth-order valence-electron chi connectivity index (χ4n) is 1.26. The van der Waals surface area contributed by atoms with Crippen molar-refractivity contribution in [1.82, 2.24) is 0 Å². The first-order valence-corrected chi connectivity index (χ1v) is 4.66. The monoisotopic (exact) mass is 180 g/mol. The smallest absolute Gasteiger partial charge is 0.0107 e. The van der Waals surface area contributed by atoms with Gasteiger partial charge in [-0.1, -0.05) is 39.0 Å². The third-order valence-corrected chi connectivity index (χ3v) is 2.64. The van der Waals surface area contributed by atoms with Gasteiger partial charge >= 0.3 is 0 Å². The minimum absolute atomic E-state index is 0.198. The summed E-state index contributed by atoms with van der Waals surface area (Å²) in [6, 6.07) is 6.34. The van der Waals surface area contributed by atoms with Crippen molar-refractivity contribution in [2.75, 3.05) is 0 Å². The van der Waals surface area contributed by atoms with Crippen molar-refractivity contribution in [3.8, 4) is 0 Å².